The molecule has 1 aliphatic carbocycles. The Balaban J connectivity index is 2.12. The SMILES string of the molecule is CCCCC(NC(=O)C1(NC(=O)N2CCOCC2)CCCCC1)C(=O)C(=O)NCC(C)(C)C. The van der Waals surface area contributed by atoms with Gasteiger partial charge in [-0.2, -0.15) is 0 Å². The summed E-state index contributed by atoms with van der Waals surface area (Å²) in [6, 6.07) is -1.19. The molecular weight excluding hydrogens is 424 g/mol. The van der Waals surface area contributed by atoms with E-state index in [1.165, 1.54) is 0 Å². The van der Waals surface area contributed by atoms with Gasteiger partial charge < -0.3 is 25.6 Å². The van der Waals surface area contributed by atoms with Gasteiger partial charge in [0.15, 0.2) is 0 Å². The van der Waals surface area contributed by atoms with Crippen molar-refractivity contribution in [3.05, 3.63) is 0 Å². The number of ketones is 1. The Bertz CT molecular complexity index is 691. The van der Waals surface area contributed by atoms with E-state index in [0.717, 1.165) is 25.7 Å². The van der Waals surface area contributed by atoms with Crippen molar-refractivity contribution in [1.82, 2.24) is 20.9 Å². The lowest BCUT2D eigenvalue weighted by atomic mass is 9.80. The first-order valence-electron chi connectivity index (χ1n) is 12.4. The van der Waals surface area contributed by atoms with Crippen LogP contribution in [-0.4, -0.2) is 73.0 Å². The smallest absolute Gasteiger partial charge is 0.318 e. The maximum Gasteiger partial charge on any atom is 0.318 e. The van der Waals surface area contributed by atoms with Crippen LogP contribution >= 0.6 is 0 Å². The normalized spacial score (nSPS) is 19.3. The van der Waals surface area contributed by atoms with E-state index in [0.29, 0.717) is 58.5 Å². The fourth-order valence-electron chi connectivity index (χ4n) is 4.18. The van der Waals surface area contributed by atoms with Gasteiger partial charge in [-0.1, -0.05) is 59.8 Å². The van der Waals surface area contributed by atoms with E-state index in [-0.39, 0.29) is 17.4 Å². The Morgan fingerprint density at radius 1 is 1.03 bits per heavy atom. The molecule has 2 fully saturated rings. The summed E-state index contributed by atoms with van der Waals surface area (Å²) in [5, 5.41) is 8.51. The van der Waals surface area contributed by atoms with Gasteiger partial charge in [-0.25, -0.2) is 4.79 Å². The molecule has 0 aromatic carbocycles. The van der Waals surface area contributed by atoms with E-state index in [2.05, 4.69) is 16.0 Å². The third-order valence-corrected chi connectivity index (χ3v) is 6.26. The summed E-state index contributed by atoms with van der Waals surface area (Å²) in [6.45, 7) is 10.2. The predicted octanol–water partition coefficient (Wildman–Crippen LogP) is 2.14. The summed E-state index contributed by atoms with van der Waals surface area (Å²) in [7, 11) is 0. The molecule has 0 spiro atoms. The zero-order chi connectivity index (χ0) is 24.5. The van der Waals surface area contributed by atoms with Gasteiger partial charge in [-0.05, 0) is 24.7 Å². The van der Waals surface area contributed by atoms with Crippen LogP contribution in [0.4, 0.5) is 4.79 Å². The van der Waals surface area contributed by atoms with Crippen molar-refractivity contribution >= 4 is 23.6 Å². The number of rotatable bonds is 9. The molecule has 2 aliphatic rings. The van der Waals surface area contributed by atoms with Crippen LogP contribution in [0.3, 0.4) is 0 Å². The summed E-state index contributed by atoms with van der Waals surface area (Å²) < 4.78 is 5.32. The first-order chi connectivity index (χ1) is 15.6. The highest BCUT2D eigenvalue weighted by Gasteiger charge is 2.43. The molecule has 9 nitrogen and oxygen atoms in total. The largest absolute Gasteiger partial charge is 0.378 e. The first-order valence-corrected chi connectivity index (χ1v) is 12.4. The van der Waals surface area contributed by atoms with Crippen molar-refractivity contribution in [3.8, 4) is 0 Å². The number of ether oxygens (including phenoxy) is 1. The van der Waals surface area contributed by atoms with Crippen LogP contribution in [-0.2, 0) is 19.1 Å². The number of carbonyl (C=O) groups excluding carboxylic acids is 4. The Kier molecular flexibility index (Phi) is 10.1. The van der Waals surface area contributed by atoms with E-state index < -0.39 is 23.3 Å². The molecule has 1 heterocycles. The van der Waals surface area contributed by atoms with Gasteiger partial charge in [0, 0.05) is 19.6 Å². The van der Waals surface area contributed by atoms with Crippen LogP contribution in [0.5, 0.6) is 0 Å². The van der Waals surface area contributed by atoms with Crippen molar-refractivity contribution in [3.63, 3.8) is 0 Å². The molecular formula is C24H42N4O5. The van der Waals surface area contributed by atoms with Gasteiger partial charge in [0.2, 0.25) is 11.7 Å². The second-order valence-corrected chi connectivity index (χ2v) is 10.4. The second kappa shape index (κ2) is 12.3. The van der Waals surface area contributed by atoms with Gasteiger partial charge in [-0.15, -0.1) is 0 Å². The molecule has 1 atom stereocenters. The summed E-state index contributed by atoms with van der Waals surface area (Å²) in [4.78, 5) is 53.5. The highest BCUT2D eigenvalue weighted by Crippen LogP contribution is 2.29. The highest BCUT2D eigenvalue weighted by atomic mass is 16.5. The quantitative estimate of drug-likeness (QED) is 0.450. The molecule has 2 rings (SSSR count). The number of hydrogen-bond acceptors (Lipinski definition) is 5. The molecule has 33 heavy (non-hydrogen) atoms. The minimum Gasteiger partial charge on any atom is -0.378 e. The molecule has 3 N–H and O–H groups in total. The maximum atomic E-state index is 13.5. The van der Waals surface area contributed by atoms with Crippen molar-refractivity contribution in [1.29, 1.82) is 0 Å². The number of Topliss-reactive ketones (excluding diaryl/α,β-unsaturated/α-hetero) is 1. The van der Waals surface area contributed by atoms with Crippen LogP contribution in [0.25, 0.3) is 0 Å². The Labute approximate surface area is 197 Å². The van der Waals surface area contributed by atoms with Gasteiger partial charge >= 0.3 is 6.03 Å². The van der Waals surface area contributed by atoms with Crippen LogP contribution in [0, 0.1) is 5.41 Å². The number of unbranched alkanes of at least 4 members (excludes halogenated alkanes) is 1. The van der Waals surface area contributed by atoms with Crippen molar-refractivity contribution < 1.29 is 23.9 Å². The molecule has 1 unspecified atom stereocenters. The summed E-state index contributed by atoms with van der Waals surface area (Å²) in [5.74, 6) is -1.69. The van der Waals surface area contributed by atoms with Gasteiger partial charge in [-0.3, -0.25) is 14.4 Å². The lowest BCUT2D eigenvalue weighted by Crippen LogP contribution is -2.64. The molecule has 1 saturated carbocycles. The molecule has 1 saturated heterocycles. The molecule has 0 aromatic rings. The molecule has 4 amide bonds. The zero-order valence-corrected chi connectivity index (χ0v) is 20.8. The van der Waals surface area contributed by atoms with Gasteiger partial charge in [0.05, 0.1) is 19.3 Å². The summed E-state index contributed by atoms with van der Waals surface area (Å²) in [6.07, 6.45) is 5.58. The predicted molar refractivity (Wildman–Crippen MR) is 126 cm³/mol. The Morgan fingerprint density at radius 3 is 2.24 bits per heavy atom. The molecule has 0 aromatic heterocycles. The molecule has 1 aliphatic heterocycles. The zero-order valence-electron chi connectivity index (χ0n) is 20.8. The first kappa shape index (κ1) is 27.1. The van der Waals surface area contributed by atoms with Crippen molar-refractivity contribution in [2.24, 2.45) is 5.41 Å². The van der Waals surface area contributed by atoms with Crippen molar-refractivity contribution in [2.75, 3.05) is 32.8 Å². The number of urea groups is 1. The Hall–Kier alpha value is -2.16. The number of nitrogens with zero attached hydrogens (tertiary/aromatic N) is 1. The molecule has 9 heteroatoms. The highest BCUT2D eigenvalue weighted by molar-refractivity contribution is 6.38. The van der Waals surface area contributed by atoms with Gasteiger partial charge in [0.25, 0.3) is 5.91 Å². The molecule has 188 valence electrons. The van der Waals surface area contributed by atoms with Crippen LogP contribution in [0.1, 0.15) is 79.1 Å². The number of hydrogen-bond donors (Lipinski definition) is 3. The summed E-state index contributed by atoms with van der Waals surface area (Å²) in [5.41, 5.74) is -1.23. The van der Waals surface area contributed by atoms with E-state index in [1.807, 2.05) is 27.7 Å². The summed E-state index contributed by atoms with van der Waals surface area (Å²) >= 11 is 0. The van der Waals surface area contributed by atoms with Crippen molar-refractivity contribution in [2.45, 2.75) is 90.6 Å². The second-order valence-electron chi connectivity index (χ2n) is 10.4. The van der Waals surface area contributed by atoms with E-state index in [1.54, 1.807) is 4.90 Å². The van der Waals surface area contributed by atoms with E-state index in [9.17, 15) is 19.2 Å². The minimum absolute atomic E-state index is 0.159. The molecule has 0 radical (unpaired) electrons. The average Bonchev–Trinajstić information content (AvgIpc) is 2.80. The number of nitrogens with one attached hydrogen (secondary N) is 3. The van der Waals surface area contributed by atoms with E-state index >= 15 is 0 Å². The lowest BCUT2D eigenvalue weighted by molar-refractivity contribution is -0.141. The third-order valence-electron chi connectivity index (χ3n) is 6.26. The number of morpholine rings is 1. The standard InChI is InChI=1S/C24H42N4O5/c1-5-6-10-18(19(29)20(30)25-17-23(2,3)4)26-21(31)24(11-8-7-9-12-24)27-22(32)28-13-15-33-16-14-28/h18H,5-17H2,1-4H3,(H,25,30)(H,26,31)(H,27,32). The molecule has 0 bridgehead atoms. The fraction of sp³-hybridized carbons (Fsp3) is 0.833. The maximum absolute atomic E-state index is 13.5. The topological polar surface area (TPSA) is 117 Å². The van der Waals surface area contributed by atoms with E-state index in [4.69, 9.17) is 4.74 Å². The van der Waals surface area contributed by atoms with Crippen LogP contribution in [0.2, 0.25) is 0 Å². The number of carbonyl (C=O) groups is 4. The lowest BCUT2D eigenvalue weighted by Gasteiger charge is -2.39. The average molecular weight is 467 g/mol. The monoisotopic (exact) mass is 466 g/mol. The van der Waals surface area contributed by atoms with Crippen LogP contribution < -0.4 is 16.0 Å². The third kappa shape index (κ3) is 8.28. The Morgan fingerprint density at radius 2 is 1.67 bits per heavy atom. The minimum atomic E-state index is -1.07. The van der Waals surface area contributed by atoms with Gasteiger partial charge in [0.1, 0.15) is 5.54 Å². The van der Waals surface area contributed by atoms with Crippen LogP contribution in [0.15, 0.2) is 0 Å². The fourth-order valence-corrected chi connectivity index (χ4v) is 4.18. The number of amides is 4.